The molecule has 2 saturated heterocycles. The van der Waals surface area contributed by atoms with Gasteiger partial charge in [-0.2, -0.15) is 0 Å². The Morgan fingerprint density at radius 2 is 2.05 bits per heavy atom. The van der Waals surface area contributed by atoms with Gasteiger partial charge in [-0.05, 0) is 37.8 Å². The lowest BCUT2D eigenvalue weighted by Crippen LogP contribution is -2.60. The summed E-state index contributed by atoms with van der Waals surface area (Å²) in [6.07, 6.45) is 1.83. The molecular weight excluding hydrogens is 252 g/mol. The van der Waals surface area contributed by atoms with Gasteiger partial charge in [-0.15, -0.1) is 0 Å². The lowest BCUT2D eigenvalue weighted by atomic mass is 9.85. The highest BCUT2D eigenvalue weighted by Crippen LogP contribution is 2.30. The highest BCUT2D eigenvalue weighted by Gasteiger charge is 2.42. The summed E-state index contributed by atoms with van der Waals surface area (Å²) in [5.41, 5.74) is 0.673. The number of carbonyl (C=O) groups is 2. The van der Waals surface area contributed by atoms with Gasteiger partial charge >= 0.3 is 0 Å². The summed E-state index contributed by atoms with van der Waals surface area (Å²) in [5.74, 6) is 0.658. The quantitative estimate of drug-likeness (QED) is 0.823. The summed E-state index contributed by atoms with van der Waals surface area (Å²) >= 11 is 0. The number of rotatable bonds is 2. The van der Waals surface area contributed by atoms with Gasteiger partial charge in [-0.1, -0.05) is 18.2 Å². The minimum atomic E-state index is -0.254. The third-order valence-corrected chi connectivity index (χ3v) is 4.45. The van der Waals surface area contributed by atoms with Gasteiger partial charge in [0.05, 0.1) is 0 Å². The molecule has 0 radical (unpaired) electrons. The van der Waals surface area contributed by atoms with E-state index in [1.54, 1.807) is 4.90 Å². The number of fused-ring (bicyclic) bond motifs is 2. The van der Waals surface area contributed by atoms with Crippen LogP contribution in [0.2, 0.25) is 0 Å². The SMILES string of the molecule is CCN1C[C@H]2CCN(C(=O)c3ccccc3)[C@H](C2)C1=O. The van der Waals surface area contributed by atoms with Gasteiger partial charge in [0.1, 0.15) is 6.04 Å². The van der Waals surface area contributed by atoms with Crippen molar-refractivity contribution in [3.05, 3.63) is 35.9 Å². The van der Waals surface area contributed by atoms with Crippen molar-refractivity contribution in [2.24, 2.45) is 5.92 Å². The van der Waals surface area contributed by atoms with Crippen molar-refractivity contribution >= 4 is 11.8 Å². The zero-order valence-electron chi connectivity index (χ0n) is 11.8. The van der Waals surface area contributed by atoms with Crippen LogP contribution in [0.1, 0.15) is 30.1 Å². The van der Waals surface area contributed by atoms with Crippen molar-refractivity contribution in [2.45, 2.75) is 25.8 Å². The first-order valence-electron chi connectivity index (χ1n) is 7.35. The summed E-state index contributed by atoms with van der Waals surface area (Å²) in [7, 11) is 0. The minimum absolute atomic E-state index is 0.0136. The predicted octanol–water partition coefficient (Wildman–Crippen LogP) is 1.77. The molecule has 2 atom stereocenters. The molecule has 2 heterocycles. The van der Waals surface area contributed by atoms with Crippen LogP contribution in [-0.2, 0) is 4.79 Å². The first kappa shape index (κ1) is 13.2. The summed E-state index contributed by atoms with van der Waals surface area (Å²) in [6.45, 7) is 4.30. The fourth-order valence-corrected chi connectivity index (χ4v) is 3.33. The number of piperidine rings is 2. The van der Waals surface area contributed by atoms with Crippen LogP contribution in [0.15, 0.2) is 30.3 Å². The molecule has 0 aliphatic carbocycles. The Hall–Kier alpha value is -1.84. The average Bonchev–Trinajstić information content (AvgIpc) is 2.51. The third kappa shape index (κ3) is 2.19. The second-order valence-electron chi connectivity index (χ2n) is 5.65. The Balaban J connectivity index is 1.84. The number of carbonyl (C=O) groups excluding carboxylic acids is 2. The highest BCUT2D eigenvalue weighted by atomic mass is 16.2. The molecular formula is C16H20N2O2. The maximum atomic E-state index is 12.6. The number of likely N-dealkylation sites (tertiary alicyclic amines) is 2. The van der Waals surface area contributed by atoms with Crippen LogP contribution in [-0.4, -0.2) is 47.3 Å². The molecule has 0 saturated carbocycles. The molecule has 4 heteroatoms. The average molecular weight is 272 g/mol. The highest BCUT2D eigenvalue weighted by molar-refractivity contribution is 5.98. The van der Waals surface area contributed by atoms with E-state index in [2.05, 4.69) is 0 Å². The molecule has 0 spiro atoms. The number of amides is 2. The first-order chi connectivity index (χ1) is 9.70. The molecule has 4 nitrogen and oxygen atoms in total. The van der Waals surface area contributed by atoms with Gasteiger partial charge in [0.25, 0.3) is 5.91 Å². The van der Waals surface area contributed by atoms with Gasteiger partial charge in [-0.25, -0.2) is 0 Å². The number of benzene rings is 1. The zero-order valence-corrected chi connectivity index (χ0v) is 11.8. The smallest absolute Gasteiger partial charge is 0.254 e. The third-order valence-electron chi connectivity index (χ3n) is 4.45. The van der Waals surface area contributed by atoms with Crippen LogP contribution >= 0.6 is 0 Å². The molecule has 0 unspecified atom stereocenters. The van der Waals surface area contributed by atoms with E-state index in [0.29, 0.717) is 18.0 Å². The Morgan fingerprint density at radius 1 is 1.30 bits per heavy atom. The number of nitrogens with zero attached hydrogens (tertiary/aromatic N) is 2. The van der Waals surface area contributed by atoms with Crippen LogP contribution in [0.5, 0.6) is 0 Å². The molecule has 1 aromatic rings. The monoisotopic (exact) mass is 272 g/mol. The topological polar surface area (TPSA) is 40.6 Å². The fourth-order valence-electron chi connectivity index (χ4n) is 3.33. The van der Waals surface area contributed by atoms with Crippen molar-refractivity contribution < 1.29 is 9.59 Å². The maximum Gasteiger partial charge on any atom is 0.254 e. The van der Waals surface area contributed by atoms with Crippen molar-refractivity contribution in [3.63, 3.8) is 0 Å². The molecule has 1 aromatic carbocycles. The van der Waals surface area contributed by atoms with E-state index in [0.717, 1.165) is 25.9 Å². The van der Waals surface area contributed by atoms with E-state index in [-0.39, 0.29) is 17.9 Å². The first-order valence-corrected chi connectivity index (χ1v) is 7.35. The van der Waals surface area contributed by atoms with Gasteiger partial charge in [-0.3, -0.25) is 9.59 Å². The van der Waals surface area contributed by atoms with E-state index >= 15 is 0 Å². The molecule has 3 rings (SSSR count). The molecule has 2 aliphatic heterocycles. The van der Waals surface area contributed by atoms with Gasteiger partial charge < -0.3 is 9.80 Å². The number of hydrogen-bond acceptors (Lipinski definition) is 2. The summed E-state index contributed by atoms with van der Waals surface area (Å²) in [4.78, 5) is 28.7. The summed E-state index contributed by atoms with van der Waals surface area (Å²) in [5, 5.41) is 0. The second kappa shape index (κ2) is 5.27. The van der Waals surface area contributed by atoms with E-state index in [1.807, 2.05) is 42.2 Å². The normalized spacial score (nSPS) is 25.8. The minimum Gasteiger partial charge on any atom is -0.341 e. The van der Waals surface area contributed by atoms with Crippen LogP contribution in [0.4, 0.5) is 0 Å². The van der Waals surface area contributed by atoms with Gasteiger partial charge in [0, 0.05) is 25.2 Å². The Kier molecular flexibility index (Phi) is 3.47. The van der Waals surface area contributed by atoms with Crippen molar-refractivity contribution in [3.8, 4) is 0 Å². The van der Waals surface area contributed by atoms with E-state index in [1.165, 1.54) is 0 Å². The molecule has 20 heavy (non-hydrogen) atoms. The van der Waals surface area contributed by atoms with E-state index in [9.17, 15) is 9.59 Å². The Bertz CT molecular complexity index is 514. The van der Waals surface area contributed by atoms with Crippen LogP contribution in [0.25, 0.3) is 0 Å². The molecule has 2 bridgehead atoms. The van der Waals surface area contributed by atoms with Crippen LogP contribution in [0.3, 0.4) is 0 Å². The lowest BCUT2D eigenvalue weighted by molar-refractivity contribution is -0.143. The summed E-state index contributed by atoms with van der Waals surface area (Å²) in [6, 6.07) is 9.00. The van der Waals surface area contributed by atoms with Gasteiger partial charge in [0.15, 0.2) is 0 Å². The summed E-state index contributed by atoms with van der Waals surface area (Å²) < 4.78 is 0. The van der Waals surface area contributed by atoms with E-state index in [4.69, 9.17) is 0 Å². The molecule has 106 valence electrons. The molecule has 0 N–H and O–H groups in total. The van der Waals surface area contributed by atoms with Crippen LogP contribution in [0, 0.1) is 5.92 Å². The lowest BCUT2D eigenvalue weighted by Gasteiger charge is -2.46. The molecule has 2 amide bonds. The zero-order chi connectivity index (χ0) is 14.1. The predicted molar refractivity (Wildman–Crippen MR) is 76.2 cm³/mol. The van der Waals surface area contributed by atoms with Gasteiger partial charge in [0.2, 0.25) is 5.91 Å². The molecule has 0 aromatic heterocycles. The standard InChI is InChI=1S/C16H20N2O2/c1-2-17-11-12-8-9-18(14(10-12)16(17)20)15(19)13-6-4-3-5-7-13/h3-7,12,14H,2,8-11H2,1H3/t12-,14+/m0/s1. The Labute approximate surface area is 119 Å². The van der Waals surface area contributed by atoms with Crippen molar-refractivity contribution in [2.75, 3.05) is 19.6 Å². The van der Waals surface area contributed by atoms with Crippen molar-refractivity contribution in [1.29, 1.82) is 0 Å². The largest absolute Gasteiger partial charge is 0.341 e. The van der Waals surface area contributed by atoms with Crippen molar-refractivity contribution in [1.82, 2.24) is 9.80 Å². The fraction of sp³-hybridized carbons (Fsp3) is 0.500. The number of hydrogen-bond donors (Lipinski definition) is 0. The molecule has 2 aliphatic rings. The second-order valence-corrected chi connectivity index (χ2v) is 5.65. The van der Waals surface area contributed by atoms with Crippen LogP contribution < -0.4 is 0 Å². The maximum absolute atomic E-state index is 12.6. The molecule has 2 fully saturated rings. The Morgan fingerprint density at radius 3 is 2.75 bits per heavy atom. The van der Waals surface area contributed by atoms with E-state index < -0.39 is 0 Å². The number of likely N-dealkylation sites (N-methyl/N-ethyl adjacent to an activating group) is 1.